The summed E-state index contributed by atoms with van der Waals surface area (Å²) in [7, 11) is 0. The van der Waals surface area contributed by atoms with Crippen LogP contribution >= 0.6 is 0 Å². The normalized spacial score (nSPS) is 15.2. The first-order chi connectivity index (χ1) is 13.3. The van der Waals surface area contributed by atoms with Crippen LogP contribution in [-0.2, 0) is 11.2 Å². The van der Waals surface area contributed by atoms with Crippen molar-refractivity contribution in [2.24, 2.45) is 0 Å². The number of nitrogens with one attached hydrogen (secondary N) is 1. The van der Waals surface area contributed by atoms with Gasteiger partial charge in [-0.15, -0.1) is 0 Å². The summed E-state index contributed by atoms with van der Waals surface area (Å²) in [5.74, 6) is 1.76. The van der Waals surface area contributed by atoms with Gasteiger partial charge in [0.2, 0.25) is 6.10 Å². The van der Waals surface area contributed by atoms with Crippen molar-refractivity contribution in [3.8, 4) is 22.9 Å². The van der Waals surface area contributed by atoms with E-state index < -0.39 is 6.10 Å². The predicted octanol–water partition coefficient (Wildman–Crippen LogP) is 2.64. The number of ether oxygens (including phenoxy) is 2. The van der Waals surface area contributed by atoms with Crippen molar-refractivity contribution >= 4 is 5.91 Å². The van der Waals surface area contributed by atoms with E-state index in [1.165, 1.54) is 0 Å². The van der Waals surface area contributed by atoms with Gasteiger partial charge in [0.15, 0.2) is 17.3 Å². The Labute approximate surface area is 157 Å². The molecule has 0 radical (unpaired) electrons. The van der Waals surface area contributed by atoms with Gasteiger partial charge in [-0.1, -0.05) is 42.5 Å². The topological polar surface area (TPSA) is 73.3 Å². The Morgan fingerprint density at radius 1 is 1.00 bits per heavy atom. The summed E-state index contributed by atoms with van der Waals surface area (Å²) >= 11 is 0. The van der Waals surface area contributed by atoms with Crippen molar-refractivity contribution in [1.29, 1.82) is 0 Å². The Morgan fingerprint density at radius 2 is 1.70 bits per heavy atom. The molecule has 1 N–H and O–H groups in total. The van der Waals surface area contributed by atoms with Gasteiger partial charge in [-0.2, -0.15) is 0 Å². The number of amides is 1. The molecule has 0 fully saturated rings. The third-order valence-electron chi connectivity index (χ3n) is 4.25. The van der Waals surface area contributed by atoms with Gasteiger partial charge in [-0.05, 0) is 24.1 Å². The predicted molar refractivity (Wildman–Crippen MR) is 101 cm³/mol. The minimum atomic E-state index is -0.642. The highest BCUT2D eigenvalue weighted by Crippen LogP contribution is 2.30. The molecule has 6 heteroatoms. The fraction of sp³-hybridized carbons (Fsp3) is 0.190. The van der Waals surface area contributed by atoms with Gasteiger partial charge in [0.1, 0.15) is 6.61 Å². The summed E-state index contributed by atoms with van der Waals surface area (Å²) < 4.78 is 11.3. The maximum atomic E-state index is 12.3. The van der Waals surface area contributed by atoms with Crippen molar-refractivity contribution in [2.45, 2.75) is 12.5 Å². The lowest BCUT2D eigenvalue weighted by atomic mass is 10.2. The second-order valence-electron chi connectivity index (χ2n) is 6.19. The quantitative estimate of drug-likeness (QED) is 0.756. The largest absolute Gasteiger partial charge is 0.485 e. The van der Waals surface area contributed by atoms with Crippen LogP contribution in [0.2, 0.25) is 0 Å². The first-order valence-electron chi connectivity index (χ1n) is 8.82. The molecule has 1 aromatic heterocycles. The molecule has 1 aliphatic heterocycles. The SMILES string of the molecule is O=C(NCCc1cnc(-c2ccccc2)nc1)[C@H]1COc2ccccc2O1. The minimum absolute atomic E-state index is 0.189. The van der Waals surface area contributed by atoms with Crippen molar-refractivity contribution < 1.29 is 14.3 Å². The summed E-state index contributed by atoms with van der Waals surface area (Å²) in [5.41, 5.74) is 1.94. The molecule has 0 aliphatic carbocycles. The average Bonchev–Trinajstić information content (AvgIpc) is 2.74. The molecule has 2 aromatic carbocycles. The Bertz CT molecular complexity index is 913. The third kappa shape index (κ3) is 4.06. The fourth-order valence-corrected chi connectivity index (χ4v) is 2.81. The number of rotatable bonds is 5. The highest BCUT2D eigenvalue weighted by Gasteiger charge is 2.26. The van der Waals surface area contributed by atoms with Gasteiger partial charge in [-0.25, -0.2) is 9.97 Å². The van der Waals surface area contributed by atoms with E-state index in [-0.39, 0.29) is 12.5 Å². The van der Waals surface area contributed by atoms with Crippen LogP contribution in [0, 0.1) is 0 Å². The number of carbonyl (C=O) groups excluding carboxylic acids is 1. The van der Waals surface area contributed by atoms with Crippen LogP contribution < -0.4 is 14.8 Å². The molecule has 4 rings (SSSR count). The Kier molecular flexibility index (Phi) is 4.96. The van der Waals surface area contributed by atoms with Gasteiger partial charge < -0.3 is 14.8 Å². The molecule has 136 valence electrons. The number of aromatic nitrogens is 2. The van der Waals surface area contributed by atoms with Crippen LogP contribution in [-0.4, -0.2) is 35.1 Å². The molecule has 0 unspecified atom stereocenters. The van der Waals surface area contributed by atoms with Crippen molar-refractivity contribution in [3.63, 3.8) is 0 Å². The summed E-state index contributed by atoms with van der Waals surface area (Å²) in [4.78, 5) is 21.1. The van der Waals surface area contributed by atoms with E-state index in [0.29, 0.717) is 30.3 Å². The molecular formula is C21H19N3O3. The Hall–Kier alpha value is -3.41. The molecule has 6 nitrogen and oxygen atoms in total. The molecule has 1 atom stereocenters. The Balaban J connectivity index is 1.28. The first-order valence-corrected chi connectivity index (χ1v) is 8.82. The van der Waals surface area contributed by atoms with E-state index in [1.807, 2.05) is 48.5 Å². The summed E-state index contributed by atoms with van der Waals surface area (Å²) in [6.07, 6.45) is 3.58. The highest BCUT2D eigenvalue weighted by molar-refractivity contribution is 5.81. The molecule has 27 heavy (non-hydrogen) atoms. The van der Waals surface area contributed by atoms with Crippen LogP contribution in [0.4, 0.5) is 0 Å². The molecule has 3 aromatic rings. The zero-order chi connectivity index (χ0) is 18.5. The van der Waals surface area contributed by atoms with E-state index >= 15 is 0 Å². The molecule has 1 amide bonds. The van der Waals surface area contributed by atoms with E-state index in [4.69, 9.17) is 9.47 Å². The van der Waals surface area contributed by atoms with E-state index in [1.54, 1.807) is 18.5 Å². The molecular weight excluding hydrogens is 342 g/mol. The van der Waals surface area contributed by atoms with E-state index in [9.17, 15) is 4.79 Å². The summed E-state index contributed by atoms with van der Waals surface area (Å²) in [5, 5.41) is 2.88. The third-order valence-corrected chi connectivity index (χ3v) is 4.25. The van der Waals surface area contributed by atoms with E-state index in [0.717, 1.165) is 11.1 Å². The molecule has 0 saturated carbocycles. The van der Waals surface area contributed by atoms with Crippen LogP contribution in [0.1, 0.15) is 5.56 Å². The van der Waals surface area contributed by atoms with Crippen molar-refractivity contribution in [3.05, 3.63) is 72.6 Å². The number of nitrogens with zero attached hydrogens (tertiary/aromatic N) is 2. The van der Waals surface area contributed by atoms with Crippen LogP contribution in [0.15, 0.2) is 67.0 Å². The number of hydrogen-bond acceptors (Lipinski definition) is 5. The van der Waals surface area contributed by atoms with E-state index in [2.05, 4.69) is 15.3 Å². The van der Waals surface area contributed by atoms with Crippen molar-refractivity contribution in [2.75, 3.05) is 13.2 Å². The zero-order valence-corrected chi connectivity index (χ0v) is 14.7. The zero-order valence-electron chi connectivity index (χ0n) is 14.7. The summed E-state index contributed by atoms with van der Waals surface area (Å²) in [6.45, 7) is 0.687. The first kappa shape index (κ1) is 17.0. The van der Waals surface area contributed by atoms with Crippen LogP contribution in [0.5, 0.6) is 11.5 Å². The Morgan fingerprint density at radius 3 is 2.48 bits per heavy atom. The van der Waals surface area contributed by atoms with Gasteiger partial charge in [0.25, 0.3) is 5.91 Å². The molecule has 2 heterocycles. The molecule has 0 bridgehead atoms. The number of hydrogen-bond donors (Lipinski definition) is 1. The summed E-state index contributed by atoms with van der Waals surface area (Å²) in [6, 6.07) is 17.1. The highest BCUT2D eigenvalue weighted by atomic mass is 16.6. The number of carbonyl (C=O) groups is 1. The fourth-order valence-electron chi connectivity index (χ4n) is 2.81. The monoisotopic (exact) mass is 361 g/mol. The smallest absolute Gasteiger partial charge is 0.264 e. The molecule has 1 aliphatic rings. The van der Waals surface area contributed by atoms with Gasteiger partial charge in [0, 0.05) is 24.5 Å². The second kappa shape index (κ2) is 7.86. The average molecular weight is 361 g/mol. The lowest BCUT2D eigenvalue weighted by molar-refractivity contribution is -0.130. The standard InChI is InChI=1S/C21H19N3O3/c25-21(19-14-26-17-8-4-5-9-18(17)27-19)22-11-10-15-12-23-20(24-13-15)16-6-2-1-3-7-16/h1-9,12-13,19H,10-11,14H2,(H,22,25)/t19-/m1/s1. The lowest BCUT2D eigenvalue weighted by Crippen LogP contribution is -2.44. The lowest BCUT2D eigenvalue weighted by Gasteiger charge is -2.25. The number of benzene rings is 2. The minimum Gasteiger partial charge on any atom is -0.485 e. The van der Waals surface area contributed by atoms with Crippen molar-refractivity contribution in [1.82, 2.24) is 15.3 Å². The van der Waals surface area contributed by atoms with Gasteiger partial charge in [0.05, 0.1) is 0 Å². The van der Waals surface area contributed by atoms with Crippen LogP contribution in [0.25, 0.3) is 11.4 Å². The molecule has 0 spiro atoms. The number of fused-ring (bicyclic) bond motifs is 1. The van der Waals surface area contributed by atoms with Gasteiger partial charge >= 0.3 is 0 Å². The number of para-hydroxylation sites is 2. The molecule has 0 saturated heterocycles. The second-order valence-corrected chi connectivity index (χ2v) is 6.19. The maximum Gasteiger partial charge on any atom is 0.264 e. The van der Waals surface area contributed by atoms with Crippen LogP contribution in [0.3, 0.4) is 0 Å². The maximum absolute atomic E-state index is 12.3. The van der Waals surface area contributed by atoms with Gasteiger partial charge in [-0.3, -0.25) is 4.79 Å².